The van der Waals surface area contributed by atoms with Gasteiger partial charge in [0, 0.05) is 20.8 Å². The molecule has 0 radical (unpaired) electrons. The Hall–Kier alpha value is -1.59. The Morgan fingerprint density at radius 2 is 0.688 bits per heavy atom. The molecule has 98 valence electrons. The third-order valence-electron chi connectivity index (χ3n) is 0.862. The van der Waals surface area contributed by atoms with Crippen molar-refractivity contribution < 1.29 is 28.6 Å². The highest BCUT2D eigenvalue weighted by molar-refractivity contribution is 5.66. The lowest BCUT2D eigenvalue weighted by Crippen LogP contribution is -1.88. The zero-order chi connectivity index (χ0) is 12.9. The van der Waals surface area contributed by atoms with Crippen molar-refractivity contribution in [2.45, 2.75) is 28.2 Å². The van der Waals surface area contributed by atoms with E-state index < -0.39 is 0 Å². The predicted octanol–water partition coefficient (Wildman–Crippen LogP) is 1.17. The number of hydrogen-bond donors (Lipinski definition) is 0. The van der Waals surface area contributed by atoms with Crippen LogP contribution in [0.4, 0.5) is 0 Å². The van der Waals surface area contributed by atoms with Crippen molar-refractivity contribution >= 4 is 17.9 Å². The van der Waals surface area contributed by atoms with E-state index in [1.165, 1.54) is 42.1 Å². The van der Waals surface area contributed by atoms with Crippen molar-refractivity contribution in [2.75, 3.05) is 21.3 Å². The van der Waals surface area contributed by atoms with Crippen LogP contribution in [0, 0.1) is 0 Å². The lowest BCUT2D eigenvalue weighted by molar-refractivity contribution is -0.138. The molecular formula is C10H22O6. The van der Waals surface area contributed by atoms with Gasteiger partial charge in [0.05, 0.1) is 21.3 Å². The summed E-state index contributed by atoms with van der Waals surface area (Å²) < 4.78 is 12.3. The predicted molar refractivity (Wildman–Crippen MR) is 59.8 cm³/mol. The monoisotopic (exact) mass is 238 g/mol. The number of methoxy groups -OCH3 is 3. The molecule has 0 saturated carbocycles. The van der Waals surface area contributed by atoms with Gasteiger partial charge < -0.3 is 14.2 Å². The van der Waals surface area contributed by atoms with E-state index >= 15 is 0 Å². The molecule has 6 nitrogen and oxygen atoms in total. The van der Waals surface area contributed by atoms with Gasteiger partial charge in [-0.2, -0.15) is 0 Å². The van der Waals surface area contributed by atoms with E-state index in [1.807, 2.05) is 0 Å². The summed E-state index contributed by atoms with van der Waals surface area (Å²) in [4.78, 5) is 28.8. The molecule has 16 heavy (non-hydrogen) atoms. The van der Waals surface area contributed by atoms with Crippen LogP contribution in [0.3, 0.4) is 0 Å². The number of esters is 3. The first kappa shape index (κ1) is 23.9. The van der Waals surface area contributed by atoms with Crippen molar-refractivity contribution in [2.24, 2.45) is 0 Å². The van der Waals surface area contributed by atoms with Gasteiger partial charge in [-0.15, -0.1) is 0 Å². The first-order valence-electron chi connectivity index (χ1n) is 3.95. The highest BCUT2D eigenvalue weighted by Crippen LogP contribution is 1.61. The van der Waals surface area contributed by atoms with Crippen LogP contribution in [-0.2, 0) is 28.6 Å². The molecule has 0 bridgehead atoms. The fraction of sp³-hybridized carbons (Fsp3) is 0.700. The van der Waals surface area contributed by atoms with Gasteiger partial charge in [0.25, 0.3) is 0 Å². The lowest BCUT2D eigenvalue weighted by Gasteiger charge is -1.80. The third-order valence-corrected chi connectivity index (χ3v) is 0.862. The van der Waals surface area contributed by atoms with Crippen LogP contribution in [0.15, 0.2) is 0 Å². The summed E-state index contributed by atoms with van der Waals surface area (Å²) in [6.07, 6.45) is 0. The van der Waals surface area contributed by atoms with Crippen LogP contribution in [0.1, 0.15) is 28.2 Å². The molecule has 0 saturated heterocycles. The molecule has 0 rings (SSSR count). The zero-order valence-corrected chi connectivity index (χ0v) is 9.95. The zero-order valence-electron chi connectivity index (χ0n) is 9.95. The molecule has 0 heterocycles. The van der Waals surface area contributed by atoms with Crippen LogP contribution in [0.5, 0.6) is 0 Å². The van der Waals surface area contributed by atoms with Crippen LogP contribution in [0.2, 0.25) is 0 Å². The van der Waals surface area contributed by atoms with Gasteiger partial charge in [-0.05, 0) is 0 Å². The second kappa shape index (κ2) is 19.1. The molecule has 0 aliphatic rings. The van der Waals surface area contributed by atoms with Gasteiger partial charge in [-0.25, -0.2) is 0 Å². The molecule has 0 spiro atoms. The molecule has 0 aliphatic heterocycles. The van der Waals surface area contributed by atoms with E-state index in [1.54, 1.807) is 0 Å². The van der Waals surface area contributed by atoms with Gasteiger partial charge in [-0.3, -0.25) is 14.4 Å². The summed E-state index contributed by atoms with van der Waals surface area (Å²) >= 11 is 0. The van der Waals surface area contributed by atoms with E-state index in [-0.39, 0.29) is 25.3 Å². The van der Waals surface area contributed by atoms with Crippen molar-refractivity contribution in [3.05, 3.63) is 0 Å². The average molecular weight is 238 g/mol. The minimum Gasteiger partial charge on any atom is -0.469 e. The molecule has 0 N–H and O–H groups in total. The van der Waals surface area contributed by atoms with Gasteiger partial charge in [0.1, 0.15) is 0 Å². The van der Waals surface area contributed by atoms with E-state index in [4.69, 9.17) is 0 Å². The Balaban J connectivity index is -0.0000000655. The SMILES string of the molecule is C.COC(C)=O.COC(C)=O.COC(C)=O. The maximum Gasteiger partial charge on any atom is 0.302 e. The average Bonchev–Trinajstić information content (AvgIpc) is 2.19. The highest BCUT2D eigenvalue weighted by atomic mass is 16.5. The highest BCUT2D eigenvalue weighted by Gasteiger charge is 1.76. The van der Waals surface area contributed by atoms with Crippen molar-refractivity contribution in [3.8, 4) is 0 Å². The number of carbonyl (C=O) groups excluding carboxylic acids is 3. The molecule has 0 unspecified atom stereocenters. The van der Waals surface area contributed by atoms with Gasteiger partial charge in [-0.1, -0.05) is 7.43 Å². The summed E-state index contributed by atoms with van der Waals surface area (Å²) in [7, 11) is 4.05. The van der Waals surface area contributed by atoms with E-state index in [2.05, 4.69) is 14.2 Å². The van der Waals surface area contributed by atoms with Crippen molar-refractivity contribution in [1.29, 1.82) is 0 Å². The Labute approximate surface area is 96.9 Å². The minimum atomic E-state index is -0.245. The Morgan fingerprint density at radius 1 is 0.625 bits per heavy atom. The Kier molecular flexibility index (Phi) is 28.5. The lowest BCUT2D eigenvalue weighted by atomic mass is 10.8. The quantitative estimate of drug-likeness (QED) is 0.465. The molecular weight excluding hydrogens is 216 g/mol. The normalized spacial score (nSPS) is 6.38. The van der Waals surface area contributed by atoms with Gasteiger partial charge in [0.2, 0.25) is 0 Å². The largest absolute Gasteiger partial charge is 0.469 e. The molecule has 0 aromatic carbocycles. The molecule has 0 amide bonds. The summed E-state index contributed by atoms with van der Waals surface area (Å²) in [5.74, 6) is -0.736. The maximum atomic E-state index is 9.59. The van der Waals surface area contributed by atoms with Crippen molar-refractivity contribution in [3.63, 3.8) is 0 Å². The smallest absolute Gasteiger partial charge is 0.302 e. The fourth-order valence-corrected chi connectivity index (χ4v) is 0. The standard InChI is InChI=1S/3C3H6O2.CH4/c3*1-3(4)5-2;/h3*1-2H3;1H4. The topological polar surface area (TPSA) is 78.9 Å². The Morgan fingerprint density at radius 3 is 0.688 bits per heavy atom. The van der Waals surface area contributed by atoms with Gasteiger partial charge >= 0.3 is 17.9 Å². The molecule has 0 atom stereocenters. The van der Waals surface area contributed by atoms with Crippen molar-refractivity contribution in [1.82, 2.24) is 0 Å². The maximum absolute atomic E-state index is 9.59. The first-order chi connectivity index (χ1) is 6.81. The molecule has 0 aromatic rings. The summed E-state index contributed by atoms with van der Waals surface area (Å²) in [5, 5.41) is 0. The van der Waals surface area contributed by atoms with Gasteiger partial charge in [0.15, 0.2) is 0 Å². The molecule has 6 heteroatoms. The summed E-state index contributed by atoms with van der Waals surface area (Å²) in [6, 6.07) is 0. The molecule has 0 aromatic heterocycles. The summed E-state index contributed by atoms with van der Waals surface area (Å²) in [6.45, 7) is 4.08. The van der Waals surface area contributed by atoms with Crippen LogP contribution in [-0.4, -0.2) is 39.2 Å². The Bertz CT molecular complexity index is 154. The number of rotatable bonds is 0. The number of ether oxygens (including phenoxy) is 3. The van der Waals surface area contributed by atoms with E-state index in [9.17, 15) is 14.4 Å². The van der Waals surface area contributed by atoms with Crippen LogP contribution in [0.25, 0.3) is 0 Å². The van der Waals surface area contributed by atoms with E-state index in [0.29, 0.717) is 0 Å². The molecule has 0 fully saturated rings. The molecule has 0 aliphatic carbocycles. The second-order valence-electron chi connectivity index (χ2n) is 2.09. The van der Waals surface area contributed by atoms with Crippen LogP contribution >= 0.6 is 0 Å². The van der Waals surface area contributed by atoms with E-state index in [0.717, 1.165) is 0 Å². The second-order valence-corrected chi connectivity index (χ2v) is 2.09. The number of hydrogen-bond acceptors (Lipinski definition) is 6. The first-order valence-corrected chi connectivity index (χ1v) is 3.95. The fourth-order valence-electron chi connectivity index (χ4n) is 0. The third kappa shape index (κ3) is 83.1. The summed E-state index contributed by atoms with van der Waals surface area (Å²) in [5.41, 5.74) is 0. The minimum absolute atomic E-state index is 0. The van der Waals surface area contributed by atoms with Crippen LogP contribution < -0.4 is 0 Å². The number of carbonyl (C=O) groups is 3.